The Hall–Kier alpha value is -0.340. The van der Waals surface area contributed by atoms with E-state index in [1.807, 2.05) is 7.05 Å². The monoisotopic (exact) mass is 297 g/mol. The van der Waals surface area contributed by atoms with Crippen LogP contribution < -0.4 is 5.32 Å². The van der Waals surface area contributed by atoms with Crippen LogP contribution >= 0.6 is 15.9 Å². The van der Waals surface area contributed by atoms with Crippen molar-refractivity contribution >= 4 is 15.9 Å². The van der Waals surface area contributed by atoms with E-state index < -0.39 is 0 Å². The summed E-state index contributed by atoms with van der Waals surface area (Å²) in [5, 5.41) is 3.42. The second-order valence-electron chi connectivity index (χ2n) is 5.17. The van der Waals surface area contributed by atoms with Crippen molar-refractivity contribution < 1.29 is 0 Å². The molecular formula is C15H24BrN. The van der Waals surface area contributed by atoms with Crippen LogP contribution in [0.4, 0.5) is 0 Å². The molecule has 0 aliphatic carbocycles. The zero-order valence-electron chi connectivity index (χ0n) is 11.4. The molecule has 0 heterocycles. The third kappa shape index (κ3) is 4.81. The highest BCUT2D eigenvalue weighted by Gasteiger charge is 2.10. The Balaban J connectivity index is 2.62. The van der Waals surface area contributed by atoms with Crippen LogP contribution in [0, 0.1) is 12.8 Å². The molecule has 0 spiro atoms. The predicted molar refractivity (Wildman–Crippen MR) is 79.4 cm³/mol. The quantitative estimate of drug-likeness (QED) is 0.792. The first-order valence-corrected chi connectivity index (χ1v) is 7.27. The maximum absolute atomic E-state index is 3.61. The number of hydrogen-bond donors (Lipinski definition) is 1. The molecule has 0 aromatic heterocycles. The van der Waals surface area contributed by atoms with Crippen LogP contribution in [-0.4, -0.2) is 7.05 Å². The molecule has 1 unspecified atom stereocenters. The van der Waals surface area contributed by atoms with Crippen molar-refractivity contribution in [1.82, 2.24) is 5.32 Å². The molecule has 96 valence electrons. The summed E-state index contributed by atoms with van der Waals surface area (Å²) < 4.78 is 1.21. The Morgan fingerprint density at radius 2 is 1.94 bits per heavy atom. The first-order chi connectivity index (χ1) is 8.04. The van der Waals surface area contributed by atoms with Crippen molar-refractivity contribution in [2.24, 2.45) is 5.92 Å². The molecule has 0 aliphatic rings. The molecular weight excluding hydrogens is 274 g/mol. The van der Waals surface area contributed by atoms with E-state index >= 15 is 0 Å². The summed E-state index contributed by atoms with van der Waals surface area (Å²) in [6.45, 7) is 6.70. The standard InChI is InChI=1S/C15H24BrN/c1-11(2)6-5-7-15(17-4)13-9-8-12(3)14(16)10-13/h8-11,15,17H,5-7H2,1-4H3. The van der Waals surface area contributed by atoms with Gasteiger partial charge in [0.05, 0.1) is 0 Å². The van der Waals surface area contributed by atoms with Gasteiger partial charge in [-0.2, -0.15) is 0 Å². The molecule has 1 aromatic rings. The molecule has 17 heavy (non-hydrogen) atoms. The maximum Gasteiger partial charge on any atom is 0.0317 e. The van der Waals surface area contributed by atoms with Crippen molar-refractivity contribution in [3.8, 4) is 0 Å². The van der Waals surface area contributed by atoms with Crippen molar-refractivity contribution in [2.45, 2.75) is 46.1 Å². The molecule has 0 saturated heterocycles. The first kappa shape index (κ1) is 14.7. The Morgan fingerprint density at radius 1 is 1.24 bits per heavy atom. The lowest BCUT2D eigenvalue weighted by molar-refractivity contribution is 0.470. The summed E-state index contributed by atoms with van der Waals surface area (Å²) in [6, 6.07) is 7.14. The molecule has 2 heteroatoms. The summed E-state index contributed by atoms with van der Waals surface area (Å²) in [5.41, 5.74) is 2.68. The zero-order chi connectivity index (χ0) is 12.8. The summed E-state index contributed by atoms with van der Waals surface area (Å²) in [5.74, 6) is 0.803. The van der Waals surface area contributed by atoms with Gasteiger partial charge in [-0.05, 0) is 43.5 Å². The van der Waals surface area contributed by atoms with Gasteiger partial charge >= 0.3 is 0 Å². The minimum absolute atomic E-state index is 0.477. The fraction of sp³-hybridized carbons (Fsp3) is 0.600. The summed E-state index contributed by atoms with van der Waals surface area (Å²) in [4.78, 5) is 0. The molecule has 1 rings (SSSR count). The van der Waals surface area contributed by atoms with Crippen LogP contribution in [0.3, 0.4) is 0 Å². The second kappa shape index (κ2) is 7.17. The number of halogens is 1. The predicted octanol–water partition coefficient (Wildman–Crippen LogP) is 4.84. The average molecular weight is 298 g/mol. The van der Waals surface area contributed by atoms with Gasteiger partial charge in [-0.1, -0.05) is 54.8 Å². The minimum Gasteiger partial charge on any atom is -0.313 e. The third-order valence-corrected chi connectivity index (χ3v) is 4.08. The van der Waals surface area contributed by atoms with Gasteiger partial charge in [0.25, 0.3) is 0 Å². The van der Waals surface area contributed by atoms with Gasteiger partial charge in [-0.3, -0.25) is 0 Å². The summed E-state index contributed by atoms with van der Waals surface area (Å²) in [6.07, 6.45) is 3.81. The Bertz CT molecular complexity index is 347. The van der Waals surface area contributed by atoms with E-state index in [1.165, 1.54) is 34.9 Å². The van der Waals surface area contributed by atoms with E-state index in [1.54, 1.807) is 0 Å². The minimum atomic E-state index is 0.477. The van der Waals surface area contributed by atoms with Gasteiger partial charge in [0, 0.05) is 10.5 Å². The third-order valence-electron chi connectivity index (χ3n) is 3.22. The van der Waals surface area contributed by atoms with Crippen molar-refractivity contribution in [3.05, 3.63) is 33.8 Å². The van der Waals surface area contributed by atoms with Gasteiger partial charge in [0.2, 0.25) is 0 Å². The number of hydrogen-bond acceptors (Lipinski definition) is 1. The fourth-order valence-corrected chi connectivity index (χ4v) is 2.43. The van der Waals surface area contributed by atoms with E-state index in [4.69, 9.17) is 0 Å². The highest BCUT2D eigenvalue weighted by atomic mass is 79.9. The highest BCUT2D eigenvalue weighted by molar-refractivity contribution is 9.10. The molecule has 1 atom stereocenters. The van der Waals surface area contributed by atoms with Gasteiger partial charge in [-0.15, -0.1) is 0 Å². The highest BCUT2D eigenvalue weighted by Crippen LogP contribution is 2.25. The molecule has 0 amide bonds. The zero-order valence-corrected chi connectivity index (χ0v) is 13.0. The van der Waals surface area contributed by atoms with Gasteiger partial charge in [0.15, 0.2) is 0 Å². The summed E-state index contributed by atoms with van der Waals surface area (Å²) in [7, 11) is 2.05. The van der Waals surface area contributed by atoms with E-state index in [0.717, 1.165) is 5.92 Å². The van der Waals surface area contributed by atoms with Crippen molar-refractivity contribution in [3.63, 3.8) is 0 Å². The number of benzene rings is 1. The van der Waals surface area contributed by atoms with Gasteiger partial charge in [0.1, 0.15) is 0 Å². The molecule has 1 nitrogen and oxygen atoms in total. The normalized spacial score (nSPS) is 13.1. The van der Waals surface area contributed by atoms with E-state index in [-0.39, 0.29) is 0 Å². The fourth-order valence-electron chi connectivity index (χ4n) is 2.03. The van der Waals surface area contributed by atoms with Crippen LogP contribution in [0.5, 0.6) is 0 Å². The Labute approximate surface area is 114 Å². The van der Waals surface area contributed by atoms with E-state index in [9.17, 15) is 0 Å². The average Bonchev–Trinajstić information content (AvgIpc) is 2.28. The van der Waals surface area contributed by atoms with E-state index in [0.29, 0.717) is 6.04 Å². The molecule has 0 bridgehead atoms. The molecule has 0 fully saturated rings. The van der Waals surface area contributed by atoms with Crippen LogP contribution in [0.15, 0.2) is 22.7 Å². The molecule has 0 aliphatic heterocycles. The molecule has 1 N–H and O–H groups in total. The maximum atomic E-state index is 3.61. The lowest BCUT2D eigenvalue weighted by Crippen LogP contribution is -2.16. The van der Waals surface area contributed by atoms with Crippen molar-refractivity contribution in [1.29, 1.82) is 0 Å². The Kier molecular flexibility index (Phi) is 6.21. The lowest BCUT2D eigenvalue weighted by Gasteiger charge is -2.18. The molecule has 0 radical (unpaired) electrons. The van der Waals surface area contributed by atoms with Gasteiger partial charge in [-0.25, -0.2) is 0 Å². The van der Waals surface area contributed by atoms with Gasteiger partial charge < -0.3 is 5.32 Å². The van der Waals surface area contributed by atoms with E-state index in [2.05, 4.69) is 60.2 Å². The van der Waals surface area contributed by atoms with Crippen LogP contribution in [0.1, 0.15) is 50.3 Å². The summed E-state index contributed by atoms with van der Waals surface area (Å²) >= 11 is 3.61. The number of rotatable bonds is 6. The molecule has 1 aromatic carbocycles. The largest absolute Gasteiger partial charge is 0.313 e. The first-order valence-electron chi connectivity index (χ1n) is 6.48. The van der Waals surface area contributed by atoms with Crippen LogP contribution in [0.2, 0.25) is 0 Å². The smallest absolute Gasteiger partial charge is 0.0317 e. The van der Waals surface area contributed by atoms with Crippen LogP contribution in [0.25, 0.3) is 0 Å². The number of aryl methyl sites for hydroxylation is 1. The topological polar surface area (TPSA) is 12.0 Å². The number of nitrogens with one attached hydrogen (secondary N) is 1. The lowest BCUT2D eigenvalue weighted by atomic mass is 9.97. The molecule has 0 saturated carbocycles. The Morgan fingerprint density at radius 3 is 2.47 bits per heavy atom. The SMILES string of the molecule is CNC(CCCC(C)C)c1ccc(C)c(Br)c1. The second-order valence-corrected chi connectivity index (χ2v) is 6.03. The van der Waals surface area contributed by atoms with Crippen LogP contribution in [-0.2, 0) is 0 Å². The van der Waals surface area contributed by atoms with Crippen molar-refractivity contribution in [2.75, 3.05) is 7.05 Å².